The Bertz CT molecular complexity index is 484. The van der Waals surface area contributed by atoms with Crippen molar-refractivity contribution in [2.75, 3.05) is 19.5 Å². The number of aryl methyl sites for hydroxylation is 1. The van der Waals surface area contributed by atoms with Gasteiger partial charge < -0.3 is 4.74 Å². The van der Waals surface area contributed by atoms with E-state index >= 15 is 0 Å². The third-order valence-electron chi connectivity index (χ3n) is 2.44. The van der Waals surface area contributed by atoms with E-state index in [9.17, 15) is 0 Å². The zero-order valence-electron chi connectivity index (χ0n) is 9.56. The molecule has 0 N–H and O–H groups in total. The Morgan fingerprint density at radius 3 is 2.94 bits per heavy atom. The van der Waals surface area contributed by atoms with Crippen molar-refractivity contribution in [1.29, 1.82) is 0 Å². The first kappa shape index (κ1) is 11.4. The number of hydrogen-bond acceptors (Lipinski definition) is 3. The molecule has 84 valence electrons. The molecule has 16 heavy (non-hydrogen) atoms. The smallest absolute Gasteiger partial charge is 0.0971 e. The molecule has 0 aliphatic heterocycles. The van der Waals surface area contributed by atoms with Crippen LogP contribution in [-0.2, 0) is 4.74 Å². The van der Waals surface area contributed by atoms with Crippen LogP contribution in [0.1, 0.15) is 5.56 Å². The molecule has 2 aromatic rings. The molecule has 0 bridgehead atoms. The summed E-state index contributed by atoms with van der Waals surface area (Å²) >= 11 is 1.74. The largest absolute Gasteiger partial charge is 0.384 e. The number of nitrogens with zero attached hydrogens (tertiary/aromatic N) is 1. The van der Waals surface area contributed by atoms with Crippen molar-refractivity contribution in [3.05, 3.63) is 35.9 Å². The van der Waals surface area contributed by atoms with E-state index in [1.54, 1.807) is 18.9 Å². The molecule has 2 rings (SSSR count). The van der Waals surface area contributed by atoms with E-state index in [0.717, 1.165) is 22.9 Å². The second kappa shape index (κ2) is 5.32. The van der Waals surface area contributed by atoms with Crippen LogP contribution in [0.15, 0.2) is 35.4 Å². The van der Waals surface area contributed by atoms with Gasteiger partial charge >= 0.3 is 0 Å². The molecule has 0 aliphatic carbocycles. The van der Waals surface area contributed by atoms with Crippen LogP contribution in [-0.4, -0.2) is 24.5 Å². The lowest BCUT2D eigenvalue weighted by Gasteiger charge is -2.05. The highest BCUT2D eigenvalue weighted by Gasteiger charge is 2.02. The fourth-order valence-electron chi connectivity index (χ4n) is 1.62. The first-order chi connectivity index (χ1) is 7.81. The van der Waals surface area contributed by atoms with Gasteiger partial charge in [-0.05, 0) is 24.6 Å². The molecule has 0 spiro atoms. The van der Waals surface area contributed by atoms with Crippen molar-refractivity contribution in [2.45, 2.75) is 11.9 Å². The third-order valence-corrected chi connectivity index (χ3v) is 3.31. The van der Waals surface area contributed by atoms with Crippen molar-refractivity contribution < 1.29 is 4.74 Å². The lowest BCUT2D eigenvalue weighted by molar-refractivity contribution is 0.218. The predicted octanol–water partition coefficient (Wildman–Crippen LogP) is 3.28. The Kier molecular flexibility index (Phi) is 3.80. The van der Waals surface area contributed by atoms with Gasteiger partial charge in [-0.2, -0.15) is 0 Å². The van der Waals surface area contributed by atoms with Gasteiger partial charge in [0.05, 0.1) is 17.1 Å². The van der Waals surface area contributed by atoms with Crippen LogP contribution in [0.25, 0.3) is 10.9 Å². The molecule has 0 fully saturated rings. The first-order valence-electron chi connectivity index (χ1n) is 5.29. The summed E-state index contributed by atoms with van der Waals surface area (Å²) in [6.07, 6.45) is 0. The number of benzene rings is 1. The predicted molar refractivity (Wildman–Crippen MR) is 69.1 cm³/mol. The lowest BCUT2D eigenvalue weighted by atomic mass is 10.1. The summed E-state index contributed by atoms with van der Waals surface area (Å²) in [6, 6.07) is 10.4. The molecule has 1 aromatic heterocycles. The second-order valence-corrected chi connectivity index (χ2v) is 4.75. The number of ether oxygens (including phenoxy) is 1. The minimum absolute atomic E-state index is 0.762. The summed E-state index contributed by atoms with van der Waals surface area (Å²) in [7, 11) is 1.72. The molecular weight excluding hydrogens is 218 g/mol. The summed E-state index contributed by atoms with van der Waals surface area (Å²) in [4.78, 5) is 4.62. The van der Waals surface area contributed by atoms with Gasteiger partial charge in [-0.15, -0.1) is 11.8 Å². The number of pyridine rings is 1. The van der Waals surface area contributed by atoms with Gasteiger partial charge in [0.2, 0.25) is 0 Å². The number of fused-ring (bicyclic) bond motifs is 1. The zero-order chi connectivity index (χ0) is 11.4. The SMILES string of the molecule is COCCSc1cc(C)c2ccccc2n1. The van der Waals surface area contributed by atoms with E-state index < -0.39 is 0 Å². The number of rotatable bonds is 4. The van der Waals surface area contributed by atoms with Crippen LogP contribution in [0, 0.1) is 6.92 Å². The Morgan fingerprint density at radius 1 is 1.31 bits per heavy atom. The van der Waals surface area contributed by atoms with Gasteiger partial charge in [-0.3, -0.25) is 0 Å². The van der Waals surface area contributed by atoms with E-state index in [0.29, 0.717) is 0 Å². The molecule has 0 saturated carbocycles. The van der Waals surface area contributed by atoms with Crippen LogP contribution in [0.2, 0.25) is 0 Å². The van der Waals surface area contributed by atoms with Gasteiger partial charge in [0.15, 0.2) is 0 Å². The molecular formula is C13H15NOS. The number of methoxy groups -OCH3 is 1. The van der Waals surface area contributed by atoms with E-state index in [1.165, 1.54) is 10.9 Å². The molecule has 1 aromatic carbocycles. The summed E-state index contributed by atoms with van der Waals surface area (Å²) in [6.45, 7) is 2.89. The average molecular weight is 233 g/mol. The Labute approximate surface area is 100 Å². The summed E-state index contributed by atoms with van der Waals surface area (Å²) in [5, 5.41) is 2.31. The minimum atomic E-state index is 0.762. The molecule has 0 atom stereocenters. The topological polar surface area (TPSA) is 22.1 Å². The van der Waals surface area contributed by atoms with Crippen molar-refractivity contribution in [3.63, 3.8) is 0 Å². The average Bonchev–Trinajstić information content (AvgIpc) is 2.30. The monoisotopic (exact) mass is 233 g/mol. The van der Waals surface area contributed by atoms with Gasteiger partial charge in [-0.1, -0.05) is 18.2 Å². The highest BCUT2D eigenvalue weighted by molar-refractivity contribution is 7.99. The minimum Gasteiger partial charge on any atom is -0.384 e. The maximum absolute atomic E-state index is 5.03. The Balaban J connectivity index is 2.27. The van der Waals surface area contributed by atoms with Crippen LogP contribution < -0.4 is 0 Å². The number of aromatic nitrogens is 1. The van der Waals surface area contributed by atoms with Crippen molar-refractivity contribution in [2.24, 2.45) is 0 Å². The molecule has 2 nitrogen and oxygen atoms in total. The molecule has 1 heterocycles. The van der Waals surface area contributed by atoms with E-state index in [4.69, 9.17) is 4.74 Å². The van der Waals surface area contributed by atoms with Crippen molar-refractivity contribution in [1.82, 2.24) is 4.98 Å². The second-order valence-electron chi connectivity index (χ2n) is 3.64. The lowest BCUT2D eigenvalue weighted by Crippen LogP contribution is -1.93. The van der Waals surface area contributed by atoms with Crippen molar-refractivity contribution >= 4 is 22.7 Å². The standard InChI is InChI=1S/C13H15NOS/c1-10-9-13(16-8-7-15-2)14-12-6-4-3-5-11(10)12/h3-6,9H,7-8H2,1-2H3. The number of thioether (sulfide) groups is 1. The molecule has 3 heteroatoms. The van der Waals surface area contributed by atoms with E-state index in [2.05, 4.69) is 36.2 Å². The van der Waals surface area contributed by atoms with Gasteiger partial charge in [0.1, 0.15) is 0 Å². The van der Waals surface area contributed by atoms with Crippen LogP contribution in [0.3, 0.4) is 0 Å². The third kappa shape index (κ3) is 2.54. The summed E-state index contributed by atoms with van der Waals surface area (Å²) < 4.78 is 5.03. The molecule has 0 radical (unpaired) electrons. The van der Waals surface area contributed by atoms with E-state index in [1.807, 2.05) is 6.07 Å². The molecule has 0 aliphatic rings. The summed E-state index contributed by atoms with van der Waals surface area (Å²) in [5.74, 6) is 0.946. The molecule has 0 saturated heterocycles. The Hall–Kier alpha value is -1.06. The van der Waals surface area contributed by atoms with Crippen LogP contribution >= 0.6 is 11.8 Å². The zero-order valence-corrected chi connectivity index (χ0v) is 10.4. The molecule has 0 unspecified atom stereocenters. The van der Waals surface area contributed by atoms with Gasteiger partial charge in [-0.25, -0.2) is 4.98 Å². The highest BCUT2D eigenvalue weighted by atomic mass is 32.2. The number of para-hydroxylation sites is 1. The normalized spacial score (nSPS) is 10.9. The van der Waals surface area contributed by atoms with Gasteiger partial charge in [0.25, 0.3) is 0 Å². The fraction of sp³-hybridized carbons (Fsp3) is 0.308. The van der Waals surface area contributed by atoms with Crippen molar-refractivity contribution in [3.8, 4) is 0 Å². The number of hydrogen-bond donors (Lipinski definition) is 0. The van der Waals surface area contributed by atoms with E-state index in [-0.39, 0.29) is 0 Å². The Morgan fingerprint density at radius 2 is 2.12 bits per heavy atom. The maximum atomic E-state index is 5.03. The van der Waals surface area contributed by atoms with Crippen LogP contribution in [0.4, 0.5) is 0 Å². The quantitative estimate of drug-likeness (QED) is 0.597. The maximum Gasteiger partial charge on any atom is 0.0971 e. The highest BCUT2D eigenvalue weighted by Crippen LogP contribution is 2.23. The fourth-order valence-corrected chi connectivity index (χ4v) is 2.50. The summed E-state index contributed by atoms with van der Waals surface area (Å²) in [5.41, 5.74) is 2.35. The van der Waals surface area contributed by atoms with Gasteiger partial charge in [0, 0.05) is 18.2 Å². The van der Waals surface area contributed by atoms with Crippen LogP contribution in [0.5, 0.6) is 0 Å². The first-order valence-corrected chi connectivity index (χ1v) is 6.28. The molecule has 0 amide bonds.